The quantitative estimate of drug-likeness (QED) is 0.853. The van der Waals surface area contributed by atoms with Crippen molar-refractivity contribution in [1.29, 1.82) is 0 Å². The van der Waals surface area contributed by atoms with Crippen LogP contribution in [0.2, 0.25) is 5.15 Å². The van der Waals surface area contributed by atoms with Crippen LogP contribution in [0.15, 0.2) is 24.5 Å². The fourth-order valence-corrected chi connectivity index (χ4v) is 1.72. The molecule has 2 aromatic rings. The lowest BCUT2D eigenvalue weighted by molar-refractivity contribution is 0.764. The average Bonchev–Trinajstić information content (AvgIpc) is 2.69. The molecule has 5 heteroatoms. The van der Waals surface area contributed by atoms with Crippen molar-refractivity contribution in [2.75, 3.05) is 13.6 Å². The number of aromatic amines is 1. The lowest BCUT2D eigenvalue weighted by atomic mass is 10.2. The van der Waals surface area contributed by atoms with Gasteiger partial charge in [-0.15, -0.1) is 0 Å². The number of rotatable bonds is 4. The van der Waals surface area contributed by atoms with E-state index in [0.29, 0.717) is 5.15 Å². The summed E-state index contributed by atoms with van der Waals surface area (Å²) in [4.78, 5) is 11.5. The van der Waals surface area contributed by atoms with Crippen molar-refractivity contribution in [3.8, 4) is 11.3 Å². The third-order valence-corrected chi connectivity index (χ3v) is 2.55. The number of hydrogen-bond donors (Lipinski definition) is 2. The molecule has 0 aliphatic heterocycles. The van der Waals surface area contributed by atoms with E-state index < -0.39 is 0 Å². The monoisotopic (exact) mass is 236 g/mol. The first-order chi connectivity index (χ1) is 7.81. The minimum absolute atomic E-state index is 0.581. The van der Waals surface area contributed by atoms with Crippen LogP contribution in [0, 0.1) is 0 Å². The first-order valence-electron chi connectivity index (χ1n) is 5.10. The number of pyridine rings is 1. The molecule has 0 amide bonds. The van der Waals surface area contributed by atoms with Crippen molar-refractivity contribution in [3.63, 3.8) is 0 Å². The van der Waals surface area contributed by atoms with Crippen molar-refractivity contribution in [3.05, 3.63) is 35.5 Å². The van der Waals surface area contributed by atoms with Gasteiger partial charge < -0.3 is 10.3 Å². The summed E-state index contributed by atoms with van der Waals surface area (Å²) in [5.74, 6) is 0.895. The van der Waals surface area contributed by atoms with Crippen molar-refractivity contribution in [2.45, 2.75) is 6.42 Å². The zero-order valence-corrected chi connectivity index (χ0v) is 9.75. The summed E-state index contributed by atoms with van der Waals surface area (Å²) < 4.78 is 0. The Balaban J connectivity index is 2.25. The summed E-state index contributed by atoms with van der Waals surface area (Å²) >= 11 is 6.10. The van der Waals surface area contributed by atoms with E-state index in [0.717, 1.165) is 30.0 Å². The fraction of sp³-hybridized carbons (Fsp3) is 0.273. The van der Waals surface area contributed by atoms with Gasteiger partial charge in [-0.1, -0.05) is 11.6 Å². The highest BCUT2D eigenvalue weighted by molar-refractivity contribution is 6.31. The van der Waals surface area contributed by atoms with Gasteiger partial charge in [0.25, 0.3) is 0 Å². The van der Waals surface area contributed by atoms with Crippen LogP contribution in [0.5, 0.6) is 0 Å². The summed E-state index contributed by atoms with van der Waals surface area (Å²) in [7, 11) is 1.91. The largest absolute Gasteiger partial charge is 0.332 e. The Bertz CT molecular complexity index is 452. The number of H-pyrrole nitrogens is 1. The Labute approximate surface area is 99.1 Å². The molecule has 0 aliphatic rings. The Hall–Kier alpha value is -1.39. The summed E-state index contributed by atoms with van der Waals surface area (Å²) in [6.45, 7) is 0.875. The van der Waals surface area contributed by atoms with E-state index in [1.807, 2.05) is 19.2 Å². The highest BCUT2D eigenvalue weighted by Gasteiger charge is 2.09. The van der Waals surface area contributed by atoms with Crippen LogP contribution in [0.4, 0.5) is 0 Å². The summed E-state index contributed by atoms with van der Waals surface area (Å²) in [6, 6.07) is 3.79. The highest BCUT2D eigenvalue weighted by atomic mass is 35.5. The second-order valence-corrected chi connectivity index (χ2v) is 3.81. The second-order valence-electron chi connectivity index (χ2n) is 3.44. The van der Waals surface area contributed by atoms with Gasteiger partial charge in [-0.25, -0.2) is 4.98 Å². The van der Waals surface area contributed by atoms with Gasteiger partial charge in [-0.05, 0) is 19.2 Å². The van der Waals surface area contributed by atoms with Crippen LogP contribution in [-0.4, -0.2) is 28.5 Å². The second kappa shape index (κ2) is 5.09. The maximum Gasteiger partial charge on any atom is 0.134 e. The average molecular weight is 237 g/mol. The van der Waals surface area contributed by atoms with Gasteiger partial charge >= 0.3 is 0 Å². The minimum atomic E-state index is 0.581. The SMILES string of the molecule is CNCCc1nc(-c2ccncc2)c(Cl)[nH]1. The molecule has 0 fully saturated rings. The fourth-order valence-electron chi connectivity index (χ4n) is 1.46. The third kappa shape index (κ3) is 2.40. The van der Waals surface area contributed by atoms with E-state index in [-0.39, 0.29) is 0 Å². The first kappa shape index (κ1) is 11.1. The molecule has 84 valence electrons. The molecule has 0 saturated heterocycles. The van der Waals surface area contributed by atoms with Crippen molar-refractivity contribution < 1.29 is 0 Å². The maximum atomic E-state index is 6.10. The minimum Gasteiger partial charge on any atom is -0.332 e. The summed E-state index contributed by atoms with van der Waals surface area (Å²) in [5.41, 5.74) is 1.77. The molecular weight excluding hydrogens is 224 g/mol. The number of nitrogens with zero attached hydrogens (tertiary/aromatic N) is 2. The van der Waals surface area contributed by atoms with Gasteiger partial charge in [0.05, 0.1) is 0 Å². The third-order valence-electron chi connectivity index (χ3n) is 2.27. The molecular formula is C11H13ClN4. The van der Waals surface area contributed by atoms with E-state index in [2.05, 4.69) is 20.3 Å². The molecule has 0 atom stereocenters. The molecule has 0 aromatic carbocycles. The number of nitrogens with one attached hydrogen (secondary N) is 2. The lowest BCUT2D eigenvalue weighted by Gasteiger charge is -1.95. The van der Waals surface area contributed by atoms with Crippen LogP contribution < -0.4 is 5.32 Å². The molecule has 0 spiro atoms. The first-order valence-corrected chi connectivity index (χ1v) is 5.48. The molecule has 0 unspecified atom stereocenters. The lowest BCUT2D eigenvalue weighted by Crippen LogP contribution is -2.11. The number of likely N-dealkylation sites (N-methyl/N-ethyl adjacent to an activating group) is 1. The van der Waals surface area contributed by atoms with Gasteiger partial charge in [0, 0.05) is 30.9 Å². The van der Waals surface area contributed by atoms with Crippen molar-refractivity contribution >= 4 is 11.6 Å². The molecule has 2 N–H and O–H groups in total. The molecule has 0 bridgehead atoms. The smallest absolute Gasteiger partial charge is 0.134 e. The summed E-state index contributed by atoms with van der Waals surface area (Å²) in [5, 5.41) is 3.65. The number of hydrogen-bond acceptors (Lipinski definition) is 3. The number of imidazole rings is 1. The van der Waals surface area contributed by atoms with Crippen LogP contribution >= 0.6 is 11.6 Å². The Morgan fingerprint density at radius 2 is 2.12 bits per heavy atom. The van der Waals surface area contributed by atoms with Gasteiger partial charge in [0.2, 0.25) is 0 Å². The Kier molecular flexibility index (Phi) is 3.54. The molecule has 2 rings (SSSR count). The van der Waals surface area contributed by atoms with Gasteiger partial charge in [0.15, 0.2) is 0 Å². The topological polar surface area (TPSA) is 53.6 Å². The van der Waals surface area contributed by atoms with E-state index in [4.69, 9.17) is 11.6 Å². The van der Waals surface area contributed by atoms with Crippen LogP contribution in [0.25, 0.3) is 11.3 Å². The number of aromatic nitrogens is 3. The van der Waals surface area contributed by atoms with Gasteiger partial charge in [-0.3, -0.25) is 4.98 Å². The zero-order valence-electron chi connectivity index (χ0n) is 9.00. The standard InChI is InChI=1S/C11H13ClN4/c1-13-5-4-9-15-10(11(12)16-9)8-2-6-14-7-3-8/h2-3,6-7,13H,4-5H2,1H3,(H,15,16). The molecule has 2 aromatic heterocycles. The molecule has 0 saturated carbocycles. The molecule has 16 heavy (non-hydrogen) atoms. The normalized spacial score (nSPS) is 10.6. The molecule has 2 heterocycles. The van der Waals surface area contributed by atoms with Crippen LogP contribution in [-0.2, 0) is 6.42 Å². The Morgan fingerprint density at radius 3 is 2.81 bits per heavy atom. The Morgan fingerprint density at radius 1 is 1.38 bits per heavy atom. The highest BCUT2D eigenvalue weighted by Crippen LogP contribution is 2.24. The van der Waals surface area contributed by atoms with E-state index in [9.17, 15) is 0 Å². The maximum absolute atomic E-state index is 6.10. The summed E-state index contributed by atoms with van der Waals surface area (Å²) in [6.07, 6.45) is 4.29. The number of halogens is 1. The van der Waals surface area contributed by atoms with E-state index in [1.165, 1.54) is 0 Å². The van der Waals surface area contributed by atoms with E-state index >= 15 is 0 Å². The van der Waals surface area contributed by atoms with Crippen molar-refractivity contribution in [2.24, 2.45) is 0 Å². The molecule has 0 aliphatic carbocycles. The zero-order chi connectivity index (χ0) is 11.4. The molecule has 0 radical (unpaired) electrons. The van der Waals surface area contributed by atoms with Gasteiger partial charge in [0.1, 0.15) is 16.7 Å². The molecule has 4 nitrogen and oxygen atoms in total. The van der Waals surface area contributed by atoms with Gasteiger partial charge in [-0.2, -0.15) is 0 Å². The predicted octanol–water partition coefficient (Wildman–Crippen LogP) is 1.89. The van der Waals surface area contributed by atoms with Crippen LogP contribution in [0.3, 0.4) is 0 Å². The predicted molar refractivity (Wildman–Crippen MR) is 64.5 cm³/mol. The van der Waals surface area contributed by atoms with Crippen LogP contribution in [0.1, 0.15) is 5.82 Å². The van der Waals surface area contributed by atoms with E-state index in [1.54, 1.807) is 12.4 Å². The van der Waals surface area contributed by atoms with Crippen molar-refractivity contribution in [1.82, 2.24) is 20.3 Å².